The second kappa shape index (κ2) is 8.59. The van der Waals surface area contributed by atoms with Crippen LogP contribution >= 0.6 is 11.3 Å². The van der Waals surface area contributed by atoms with Crippen LogP contribution < -0.4 is 5.32 Å². The number of thiophene rings is 1. The van der Waals surface area contributed by atoms with E-state index in [0.717, 1.165) is 37.7 Å². The summed E-state index contributed by atoms with van der Waals surface area (Å²) in [4.78, 5) is 20.1. The molecule has 1 saturated heterocycles. The minimum absolute atomic E-state index is 0.0923. The van der Waals surface area contributed by atoms with Crippen LogP contribution in [0.1, 0.15) is 10.6 Å². The largest absolute Gasteiger partial charge is 0.379 e. The SMILES string of the molecule is O=C(NCCN1CCOCC1)c1nc(-c2cccs2)n(-c2ccc(F)cc2)n1. The molecule has 0 aliphatic carbocycles. The number of halogens is 1. The highest BCUT2D eigenvalue weighted by atomic mass is 32.1. The summed E-state index contributed by atoms with van der Waals surface area (Å²) >= 11 is 1.50. The van der Waals surface area contributed by atoms with E-state index < -0.39 is 0 Å². The molecule has 28 heavy (non-hydrogen) atoms. The Morgan fingerprint density at radius 3 is 2.71 bits per heavy atom. The Bertz CT molecular complexity index is 920. The van der Waals surface area contributed by atoms with Crippen LogP contribution in [0.15, 0.2) is 41.8 Å². The molecular formula is C19H20FN5O2S. The number of carbonyl (C=O) groups is 1. The normalized spacial score (nSPS) is 14.9. The van der Waals surface area contributed by atoms with Crippen molar-refractivity contribution in [2.75, 3.05) is 39.4 Å². The molecule has 0 radical (unpaired) electrons. The number of morpholine rings is 1. The fraction of sp³-hybridized carbons (Fsp3) is 0.316. The molecule has 9 heteroatoms. The van der Waals surface area contributed by atoms with Crippen LogP contribution in [-0.4, -0.2) is 65.0 Å². The third kappa shape index (κ3) is 4.27. The first-order valence-electron chi connectivity index (χ1n) is 9.06. The van der Waals surface area contributed by atoms with Gasteiger partial charge < -0.3 is 10.1 Å². The number of hydrogen-bond acceptors (Lipinski definition) is 6. The molecule has 0 bridgehead atoms. The van der Waals surface area contributed by atoms with Gasteiger partial charge in [0.15, 0.2) is 5.82 Å². The summed E-state index contributed by atoms with van der Waals surface area (Å²) in [7, 11) is 0. The van der Waals surface area contributed by atoms with E-state index in [9.17, 15) is 9.18 Å². The van der Waals surface area contributed by atoms with Gasteiger partial charge in [-0.1, -0.05) is 6.07 Å². The van der Waals surface area contributed by atoms with Crippen molar-refractivity contribution in [3.05, 3.63) is 53.4 Å². The van der Waals surface area contributed by atoms with E-state index in [-0.39, 0.29) is 17.5 Å². The topological polar surface area (TPSA) is 72.3 Å². The van der Waals surface area contributed by atoms with E-state index in [4.69, 9.17) is 4.74 Å². The van der Waals surface area contributed by atoms with Crippen LogP contribution in [0.2, 0.25) is 0 Å². The number of hydrogen-bond donors (Lipinski definition) is 1. The van der Waals surface area contributed by atoms with Gasteiger partial charge in [0.05, 0.1) is 23.8 Å². The zero-order valence-corrected chi connectivity index (χ0v) is 16.0. The molecule has 1 aliphatic rings. The summed E-state index contributed by atoms with van der Waals surface area (Å²) in [6.07, 6.45) is 0. The van der Waals surface area contributed by atoms with E-state index in [1.807, 2.05) is 17.5 Å². The lowest BCUT2D eigenvalue weighted by Gasteiger charge is -2.26. The van der Waals surface area contributed by atoms with Gasteiger partial charge >= 0.3 is 0 Å². The fourth-order valence-corrected chi connectivity index (χ4v) is 3.67. The van der Waals surface area contributed by atoms with E-state index in [1.165, 1.54) is 23.5 Å². The minimum Gasteiger partial charge on any atom is -0.379 e. The highest BCUT2D eigenvalue weighted by Gasteiger charge is 2.19. The number of nitrogens with one attached hydrogen (secondary N) is 1. The zero-order valence-electron chi connectivity index (χ0n) is 15.2. The predicted molar refractivity (Wildman–Crippen MR) is 104 cm³/mol. The summed E-state index contributed by atoms with van der Waals surface area (Å²) < 4.78 is 20.2. The van der Waals surface area contributed by atoms with E-state index in [1.54, 1.807) is 16.8 Å². The molecule has 7 nitrogen and oxygen atoms in total. The van der Waals surface area contributed by atoms with Crippen LogP contribution in [0.3, 0.4) is 0 Å². The number of benzene rings is 1. The van der Waals surface area contributed by atoms with Crippen LogP contribution in [0, 0.1) is 5.82 Å². The molecule has 0 saturated carbocycles. The molecule has 0 unspecified atom stereocenters. The lowest BCUT2D eigenvalue weighted by Crippen LogP contribution is -2.41. The van der Waals surface area contributed by atoms with Crippen molar-refractivity contribution in [2.24, 2.45) is 0 Å². The quantitative estimate of drug-likeness (QED) is 0.686. The molecule has 3 heterocycles. The first-order chi connectivity index (χ1) is 13.7. The lowest BCUT2D eigenvalue weighted by atomic mass is 10.3. The molecule has 4 rings (SSSR count). The molecule has 1 fully saturated rings. The first-order valence-corrected chi connectivity index (χ1v) is 9.94. The highest BCUT2D eigenvalue weighted by Crippen LogP contribution is 2.25. The molecule has 1 aliphatic heterocycles. The second-order valence-electron chi connectivity index (χ2n) is 6.33. The zero-order chi connectivity index (χ0) is 19.3. The highest BCUT2D eigenvalue weighted by molar-refractivity contribution is 7.13. The molecule has 1 amide bonds. The van der Waals surface area contributed by atoms with Crippen molar-refractivity contribution in [1.29, 1.82) is 0 Å². The summed E-state index contributed by atoms with van der Waals surface area (Å²) in [6, 6.07) is 9.76. The maximum Gasteiger partial charge on any atom is 0.291 e. The third-order valence-corrected chi connectivity index (χ3v) is 5.31. The Kier molecular flexibility index (Phi) is 5.75. The van der Waals surface area contributed by atoms with Crippen LogP contribution in [0.25, 0.3) is 16.4 Å². The van der Waals surface area contributed by atoms with Crippen LogP contribution in [0.4, 0.5) is 4.39 Å². The Morgan fingerprint density at radius 2 is 2.00 bits per heavy atom. The van der Waals surface area contributed by atoms with Gasteiger partial charge in [0, 0.05) is 26.2 Å². The molecule has 0 atom stereocenters. The van der Waals surface area contributed by atoms with Crippen molar-refractivity contribution in [1.82, 2.24) is 25.0 Å². The van der Waals surface area contributed by atoms with Gasteiger partial charge in [-0.2, -0.15) is 0 Å². The van der Waals surface area contributed by atoms with Gasteiger partial charge in [-0.15, -0.1) is 16.4 Å². The number of aromatic nitrogens is 3. The summed E-state index contributed by atoms with van der Waals surface area (Å²) in [5.41, 5.74) is 0.643. The molecule has 0 spiro atoms. The van der Waals surface area contributed by atoms with Crippen LogP contribution in [-0.2, 0) is 4.74 Å². The number of ether oxygens (including phenoxy) is 1. The molecule has 2 aromatic heterocycles. The summed E-state index contributed by atoms with van der Waals surface area (Å²) in [5.74, 6) is -0.0100. The Morgan fingerprint density at radius 1 is 1.21 bits per heavy atom. The fourth-order valence-electron chi connectivity index (χ4n) is 2.97. The monoisotopic (exact) mass is 401 g/mol. The molecule has 1 aromatic carbocycles. The average Bonchev–Trinajstić information content (AvgIpc) is 3.39. The summed E-state index contributed by atoms with van der Waals surface area (Å²) in [5, 5.41) is 9.18. The van der Waals surface area contributed by atoms with Gasteiger partial charge in [-0.05, 0) is 35.7 Å². The Labute approximate surface area is 165 Å². The van der Waals surface area contributed by atoms with Gasteiger partial charge in [0.2, 0.25) is 5.82 Å². The van der Waals surface area contributed by atoms with E-state index in [0.29, 0.717) is 18.1 Å². The standard InChI is InChI=1S/C19H20FN5O2S/c20-14-3-5-15(6-4-14)25-18(16-2-1-13-28-16)22-17(23-25)19(26)21-7-8-24-9-11-27-12-10-24/h1-6,13H,7-12H2,(H,21,26). The molecule has 146 valence electrons. The van der Waals surface area contributed by atoms with E-state index in [2.05, 4.69) is 20.3 Å². The maximum absolute atomic E-state index is 13.3. The molecule has 3 aromatic rings. The lowest BCUT2D eigenvalue weighted by molar-refractivity contribution is 0.0383. The molecular weight excluding hydrogens is 381 g/mol. The predicted octanol–water partition coefficient (Wildman–Crippen LogP) is 2.20. The smallest absolute Gasteiger partial charge is 0.291 e. The Hall–Kier alpha value is -2.62. The first kappa shape index (κ1) is 18.7. The van der Waals surface area contributed by atoms with Crippen molar-refractivity contribution < 1.29 is 13.9 Å². The molecule has 1 N–H and O–H groups in total. The number of carbonyl (C=O) groups excluding carboxylic acids is 1. The van der Waals surface area contributed by atoms with Gasteiger partial charge in [0.1, 0.15) is 5.82 Å². The number of nitrogens with zero attached hydrogens (tertiary/aromatic N) is 4. The van der Waals surface area contributed by atoms with Gasteiger partial charge in [-0.3, -0.25) is 9.69 Å². The minimum atomic E-state index is -0.331. The number of amides is 1. The maximum atomic E-state index is 13.3. The van der Waals surface area contributed by atoms with Crippen LogP contribution in [0.5, 0.6) is 0 Å². The van der Waals surface area contributed by atoms with Gasteiger partial charge in [0.25, 0.3) is 5.91 Å². The average molecular weight is 401 g/mol. The second-order valence-corrected chi connectivity index (χ2v) is 7.28. The Balaban J connectivity index is 1.51. The third-order valence-electron chi connectivity index (χ3n) is 4.44. The summed E-state index contributed by atoms with van der Waals surface area (Å²) in [6.45, 7) is 4.46. The van der Waals surface area contributed by atoms with Gasteiger partial charge in [-0.25, -0.2) is 14.1 Å². The van der Waals surface area contributed by atoms with E-state index >= 15 is 0 Å². The number of rotatable bonds is 6. The van der Waals surface area contributed by atoms with Crippen molar-refractivity contribution in [3.63, 3.8) is 0 Å². The van der Waals surface area contributed by atoms with Crippen molar-refractivity contribution in [2.45, 2.75) is 0 Å². The van der Waals surface area contributed by atoms with Crippen molar-refractivity contribution in [3.8, 4) is 16.4 Å². The van der Waals surface area contributed by atoms with Crippen molar-refractivity contribution >= 4 is 17.2 Å².